The molecular formula is C21H26ClN3O2. The average molecular weight is 388 g/mol. The normalized spacial score (nSPS) is 17.0. The number of piperidine rings is 1. The Balaban J connectivity index is 1.45. The number of aryl methyl sites for hydroxylation is 1. The van der Waals surface area contributed by atoms with Crippen molar-refractivity contribution in [1.82, 2.24) is 15.2 Å². The van der Waals surface area contributed by atoms with E-state index in [0.29, 0.717) is 23.9 Å². The van der Waals surface area contributed by atoms with Gasteiger partial charge in [-0.1, -0.05) is 29.8 Å². The summed E-state index contributed by atoms with van der Waals surface area (Å²) in [4.78, 5) is 29.8. The third-order valence-electron chi connectivity index (χ3n) is 5.20. The van der Waals surface area contributed by atoms with Crippen LogP contribution in [0.1, 0.15) is 47.3 Å². The molecule has 27 heavy (non-hydrogen) atoms. The van der Waals surface area contributed by atoms with Crippen molar-refractivity contribution in [3.8, 4) is 0 Å². The van der Waals surface area contributed by atoms with Gasteiger partial charge in [0.15, 0.2) is 0 Å². The van der Waals surface area contributed by atoms with Gasteiger partial charge in [-0.25, -0.2) is 0 Å². The van der Waals surface area contributed by atoms with E-state index in [2.05, 4.69) is 10.3 Å². The molecule has 1 saturated heterocycles. The summed E-state index contributed by atoms with van der Waals surface area (Å²) in [7, 11) is 0. The number of H-pyrrole nitrogens is 1. The Kier molecular flexibility index (Phi) is 6.56. The van der Waals surface area contributed by atoms with Crippen LogP contribution in [0.5, 0.6) is 0 Å². The highest BCUT2D eigenvalue weighted by Gasteiger charge is 2.25. The van der Waals surface area contributed by atoms with Gasteiger partial charge in [-0.2, -0.15) is 0 Å². The standard InChI is InChI=1S/C21H26ClN3O2/c1-15-18(10-11-23-15)21(27)25-12-4-5-16(14-25)8-9-20(26)24-13-17-6-2-3-7-19(17)22/h2-3,6-7,10-11,16,23H,4-5,8-9,12-14H2,1H3,(H,24,26). The topological polar surface area (TPSA) is 65.2 Å². The van der Waals surface area contributed by atoms with Gasteiger partial charge in [0.2, 0.25) is 5.91 Å². The van der Waals surface area contributed by atoms with Gasteiger partial charge in [0, 0.05) is 43.0 Å². The molecule has 6 heteroatoms. The first-order chi connectivity index (χ1) is 13.0. The lowest BCUT2D eigenvalue weighted by molar-refractivity contribution is -0.121. The predicted molar refractivity (Wildman–Crippen MR) is 107 cm³/mol. The summed E-state index contributed by atoms with van der Waals surface area (Å²) < 4.78 is 0. The lowest BCUT2D eigenvalue weighted by Crippen LogP contribution is -2.40. The molecule has 2 amide bonds. The van der Waals surface area contributed by atoms with Crippen LogP contribution in [0, 0.1) is 12.8 Å². The number of aromatic amines is 1. The fourth-order valence-electron chi connectivity index (χ4n) is 3.60. The number of nitrogens with one attached hydrogen (secondary N) is 2. The lowest BCUT2D eigenvalue weighted by Gasteiger charge is -2.32. The number of aromatic nitrogens is 1. The number of likely N-dealkylation sites (tertiary alicyclic amines) is 1. The fourth-order valence-corrected chi connectivity index (χ4v) is 3.80. The molecule has 1 aromatic heterocycles. The van der Waals surface area contributed by atoms with Crippen LogP contribution in [-0.2, 0) is 11.3 Å². The van der Waals surface area contributed by atoms with Gasteiger partial charge in [0.05, 0.1) is 5.56 Å². The van der Waals surface area contributed by atoms with Gasteiger partial charge in [-0.15, -0.1) is 0 Å². The van der Waals surface area contributed by atoms with E-state index in [4.69, 9.17) is 11.6 Å². The summed E-state index contributed by atoms with van der Waals surface area (Å²) >= 11 is 6.11. The maximum Gasteiger partial charge on any atom is 0.255 e. The summed E-state index contributed by atoms with van der Waals surface area (Å²) in [5.41, 5.74) is 2.57. The van der Waals surface area contributed by atoms with E-state index in [1.165, 1.54) is 0 Å². The molecule has 0 bridgehead atoms. The number of hydrogen-bond acceptors (Lipinski definition) is 2. The molecule has 1 fully saturated rings. The molecule has 2 aromatic rings. The fraction of sp³-hybridized carbons (Fsp3) is 0.429. The molecule has 2 N–H and O–H groups in total. The predicted octanol–water partition coefficient (Wildman–Crippen LogP) is 3.93. The number of rotatable bonds is 6. The highest BCUT2D eigenvalue weighted by molar-refractivity contribution is 6.31. The quantitative estimate of drug-likeness (QED) is 0.788. The summed E-state index contributed by atoms with van der Waals surface area (Å²) in [5.74, 6) is 0.481. The van der Waals surface area contributed by atoms with Gasteiger partial charge < -0.3 is 15.2 Å². The first-order valence-electron chi connectivity index (χ1n) is 9.48. The SMILES string of the molecule is Cc1[nH]ccc1C(=O)N1CCCC(CCC(=O)NCc2ccccc2Cl)C1. The number of halogens is 1. The number of carbonyl (C=O) groups is 2. The second kappa shape index (κ2) is 9.09. The number of amides is 2. The highest BCUT2D eigenvalue weighted by atomic mass is 35.5. The summed E-state index contributed by atoms with van der Waals surface area (Å²) in [6.07, 6.45) is 5.12. The van der Waals surface area contributed by atoms with E-state index in [0.717, 1.165) is 49.2 Å². The molecule has 1 atom stereocenters. The lowest BCUT2D eigenvalue weighted by atomic mass is 9.93. The Hall–Kier alpha value is -2.27. The Bertz CT molecular complexity index is 802. The van der Waals surface area contributed by atoms with Crippen LogP contribution in [0.15, 0.2) is 36.5 Å². The third-order valence-corrected chi connectivity index (χ3v) is 5.57. The minimum Gasteiger partial charge on any atom is -0.365 e. The third kappa shape index (κ3) is 5.13. The summed E-state index contributed by atoms with van der Waals surface area (Å²) in [6.45, 7) is 3.87. The molecule has 1 aliphatic heterocycles. The molecule has 2 heterocycles. The van der Waals surface area contributed by atoms with Crippen LogP contribution in [0.4, 0.5) is 0 Å². The molecule has 0 saturated carbocycles. The zero-order valence-corrected chi connectivity index (χ0v) is 16.4. The van der Waals surface area contributed by atoms with Crippen LogP contribution in [0.2, 0.25) is 5.02 Å². The summed E-state index contributed by atoms with van der Waals surface area (Å²) in [6, 6.07) is 9.36. The van der Waals surface area contributed by atoms with Gasteiger partial charge in [0.1, 0.15) is 0 Å². The number of benzene rings is 1. The Morgan fingerprint density at radius 2 is 2.11 bits per heavy atom. The molecule has 1 unspecified atom stereocenters. The smallest absolute Gasteiger partial charge is 0.255 e. The van der Waals surface area contributed by atoms with Gasteiger partial charge >= 0.3 is 0 Å². The van der Waals surface area contributed by atoms with E-state index >= 15 is 0 Å². The van der Waals surface area contributed by atoms with Crippen molar-refractivity contribution >= 4 is 23.4 Å². The van der Waals surface area contributed by atoms with Crippen molar-refractivity contribution in [2.24, 2.45) is 5.92 Å². The number of carbonyl (C=O) groups excluding carboxylic acids is 2. The van der Waals surface area contributed by atoms with E-state index in [1.54, 1.807) is 6.20 Å². The molecule has 144 valence electrons. The van der Waals surface area contributed by atoms with E-state index in [-0.39, 0.29) is 11.8 Å². The Morgan fingerprint density at radius 1 is 1.30 bits per heavy atom. The minimum absolute atomic E-state index is 0.0276. The van der Waals surface area contributed by atoms with Crippen molar-refractivity contribution in [2.75, 3.05) is 13.1 Å². The Morgan fingerprint density at radius 3 is 2.85 bits per heavy atom. The van der Waals surface area contributed by atoms with Crippen molar-refractivity contribution in [2.45, 2.75) is 39.2 Å². The Labute approximate surface area is 165 Å². The van der Waals surface area contributed by atoms with Gasteiger partial charge in [-0.05, 0) is 49.8 Å². The number of nitrogens with zero attached hydrogens (tertiary/aromatic N) is 1. The first-order valence-corrected chi connectivity index (χ1v) is 9.85. The second-order valence-electron chi connectivity index (χ2n) is 7.18. The molecule has 0 spiro atoms. The first kappa shape index (κ1) is 19.5. The summed E-state index contributed by atoms with van der Waals surface area (Å²) in [5, 5.41) is 3.60. The van der Waals surface area contributed by atoms with Crippen LogP contribution in [-0.4, -0.2) is 34.8 Å². The zero-order valence-electron chi connectivity index (χ0n) is 15.6. The van der Waals surface area contributed by atoms with E-state index in [1.807, 2.05) is 42.2 Å². The average Bonchev–Trinajstić information content (AvgIpc) is 3.11. The van der Waals surface area contributed by atoms with Crippen molar-refractivity contribution in [1.29, 1.82) is 0 Å². The number of hydrogen-bond donors (Lipinski definition) is 2. The molecule has 0 radical (unpaired) electrons. The van der Waals surface area contributed by atoms with Crippen LogP contribution in [0.25, 0.3) is 0 Å². The molecule has 1 aromatic carbocycles. The zero-order chi connectivity index (χ0) is 19.2. The molecule has 3 rings (SSSR count). The van der Waals surface area contributed by atoms with Crippen LogP contribution >= 0.6 is 11.6 Å². The van der Waals surface area contributed by atoms with E-state index in [9.17, 15) is 9.59 Å². The largest absolute Gasteiger partial charge is 0.365 e. The van der Waals surface area contributed by atoms with Gasteiger partial charge in [-0.3, -0.25) is 9.59 Å². The molecular weight excluding hydrogens is 362 g/mol. The maximum absolute atomic E-state index is 12.7. The highest BCUT2D eigenvalue weighted by Crippen LogP contribution is 2.23. The molecule has 1 aliphatic rings. The second-order valence-corrected chi connectivity index (χ2v) is 7.59. The maximum atomic E-state index is 12.7. The monoisotopic (exact) mass is 387 g/mol. The van der Waals surface area contributed by atoms with E-state index < -0.39 is 0 Å². The van der Waals surface area contributed by atoms with Crippen LogP contribution < -0.4 is 5.32 Å². The molecule has 0 aliphatic carbocycles. The van der Waals surface area contributed by atoms with Crippen LogP contribution in [0.3, 0.4) is 0 Å². The van der Waals surface area contributed by atoms with Gasteiger partial charge in [0.25, 0.3) is 5.91 Å². The van der Waals surface area contributed by atoms with Crippen molar-refractivity contribution < 1.29 is 9.59 Å². The van der Waals surface area contributed by atoms with Crippen molar-refractivity contribution in [3.63, 3.8) is 0 Å². The molecule has 5 nitrogen and oxygen atoms in total. The van der Waals surface area contributed by atoms with Crippen molar-refractivity contribution in [3.05, 3.63) is 58.4 Å². The minimum atomic E-state index is 0.0276.